The van der Waals surface area contributed by atoms with Gasteiger partial charge in [-0.1, -0.05) is 0 Å². The Labute approximate surface area is 98.4 Å². The smallest absolute Gasteiger partial charge is 0.327 e. The molecule has 0 bridgehead atoms. The largest absolute Gasteiger partial charge is 0.357 e. The van der Waals surface area contributed by atoms with E-state index in [1.807, 2.05) is 0 Å². The first kappa shape index (κ1) is 11.3. The zero-order valence-electron chi connectivity index (χ0n) is 9.67. The maximum absolute atomic E-state index is 11.6. The first-order valence-corrected chi connectivity index (χ1v) is 5.17. The van der Waals surface area contributed by atoms with Crippen LogP contribution in [0, 0.1) is 0 Å². The Bertz CT molecular complexity index is 462. The Morgan fingerprint density at radius 3 is 2.82 bits per heavy atom. The van der Waals surface area contributed by atoms with Gasteiger partial charge in [-0.15, -0.1) is 0 Å². The molecule has 1 aromatic heterocycles. The van der Waals surface area contributed by atoms with Crippen molar-refractivity contribution < 1.29 is 9.59 Å². The van der Waals surface area contributed by atoms with Crippen LogP contribution < -0.4 is 5.32 Å². The van der Waals surface area contributed by atoms with E-state index in [9.17, 15) is 9.59 Å². The van der Waals surface area contributed by atoms with E-state index in [1.54, 1.807) is 26.4 Å². The summed E-state index contributed by atoms with van der Waals surface area (Å²) < 4.78 is 0. The molecule has 1 aliphatic heterocycles. The molecule has 0 radical (unpaired) electrons. The maximum Gasteiger partial charge on any atom is 0.327 e. The van der Waals surface area contributed by atoms with Crippen LogP contribution in [0.4, 0.5) is 10.7 Å². The van der Waals surface area contributed by atoms with Gasteiger partial charge in [0.15, 0.2) is 0 Å². The van der Waals surface area contributed by atoms with Crippen LogP contribution in [0.3, 0.4) is 0 Å². The number of likely N-dealkylation sites (N-methyl/N-ethyl adjacent to an activating group) is 1. The molecule has 1 aliphatic rings. The molecule has 2 rings (SSSR count). The topological polar surface area (TPSA) is 78.4 Å². The van der Waals surface area contributed by atoms with Crippen LogP contribution in [-0.2, 0) is 11.3 Å². The molecule has 0 saturated carbocycles. The summed E-state index contributed by atoms with van der Waals surface area (Å²) in [6, 6.07) is 1.39. The first-order chi connectivity index (χ1) is 8.11. The van der Waals surface area contributed by atoms with Crippen molar-refractivity contribution in [2.24, 2.45) is 0 Å². The van der Waals surface area contributed by atoms with Gasteiger partial charge in [-0.05, 0) is 6.07 Å². The van der Waals surface area contributed by atoms with Crippen molar-refractivity contribution in [2.45, 2.75) is 6.54 Å². The lowest BCUT2D eigenvalue weighted by atomic mass is 10.4. The van der Waals surface area contributed by atoms with Gasteiger partial charge in [0.2, 0.25) is 5.95 Å². The predicted octanol–water partition coefficient (Wildman–Crippen LogP) is -0.0877. The average Bonchev–Trinajstić information content (AvgIpc) is 2.56. The number of amides is 3. The van der Waals surface area contributed by atoms with E-state index in [4.69, 9.17) is 0 Å². The number of nitrogens with one attached hydrogen (secondary N) is 1. The summed E-state index contributed by atoms with van der Waals surface area (Å²) in [4.78, 5) is 33.9. The van der Waals surface area contributed by atoms with Gasteiger partial charge in [-0.2, -0.15) is 0 Å². The Morgan fingerprint density at radius 1 is 1.47 bits per heavy atom. The Hall–Kier alpha value is -2.18. The second kappa shape index (κ2) is 4.36. The minimum Gasteiger partial charge on any atom is -0.357 e. The molecular weight excluding hydrogens is 222 g/mol. The van der Waals surface area contributed by atoms with E-state index in [-0.39, 0.29) is 25.0 Å². The van der Waals surface area contributed by atoms with Crippen LogP contribution in [0.1, 0.15) is 5.69 Å². The van der Waals surface area contributed by atoms with Crippen molar-refractivity contribution in [1.82, 2.24) is 19.8 Å². The molecule has 3 amide bonds. The van der Waals surface area contributed by atoms with Gasteiger partial charge < -0.3 is 10.2 Å². The highest BCUT2D eigenvalue weighted by Gasteiger charge is 2.33. The second-order valence-electron chi connectivity index (χ2n) is 3.74. The highest BCUT2D eigenvalue weighted by Crippen LogP contribution is 2.12. The number of anilines is 1. The van der Waals surface area contributed by atoms with E-state index < -0.39 is 0 Å². The number of urea groups is 1. The molecule has 17 heavy (non-hydrogen) atoms. The molecule has 1 saturated heterocycles. The van der Waals surface area contributed by atoms with E-state index in [2.05, 4.69) is 15.3 Å². The number of rotatable bonds is 3. The second-order valence-corrected chi connectivity index (χ2v) is 3.74. The number of carbonyl (C=O) groups is 2. The van der Waals surface area contributed by atoms with Crippen molar-refractivity contribution in [3.63, 3.8) is 0 Å². The molecular formula is C10H13N5O2. The predicted molar refractivity (Wildman–Crippen MR) is 60.2 cm³/mol. The Morgan fingerprint density at radius 2 is 2.24 bits per heavy atom. The first-order valence-electron chi connectivity index (χ1n) is 5.17. The van der Waals surface area contributed by atoms with Crippen molar-refractivity contribution in [1.29, 1.82) is 0 Å². The highest BCUT2D eigenvalue weighted by molar-refractivity contribution is 6.01. The summed E-state index contributed by atoms with van der Waals surface area (Å²) in [7, 11) is 3.30. The monoisotopic (exact) mass is 235 g/mol. The highest BCUT2D eigenvalue weighted by atomic mass is 16.2. The third-order valence-electron chi connectivity index (χ3n) is 2.49. The lowest BCUT2D eigenvalue weighted by Gasteiger charge is -2.13. The van der Waals surface area contributed by atoms with Gasteiger partial charge in [0.25, 0.3) is 5.91 Å². The van der Waals surface area contributed by atoms with Gasteiger partial charge in [0.05, 0.1) is 12.2 Å². The molecule has 0 spiro atoms. The summed E-state index contributed by atoms with van der Waals surface area (Å²) >= 11 is 0. The number of aromatic nitrogens is 2. The number of imide groups is 1. The quantitative estimate of drug-likeness (QED) is 0.741. The van der Waals surface area contributed by atoms with Crippen LogP contribution in [0.15, 0.2) is 12.3 Å². The molecule has 90 valence electrons. The third-order valence-corrected chi connectivity index (χ3v) is 2.49. The summed E-state index contributed by atoms with van der Waals surface area (Å²) in [5.41, 5.74) is 0.626. The average molecular weight is 235 g/mol. The Kier molecular flexibility index (Phi) is 2.90. The van der Waals surface area contributed by atoms with E-state index in [0.717, 1.165) is 0 Å². The molecule has 0 atom stereocenters. The fourth-order valence-electron chi connectivity index (χ4n) is 1.59. The number of nitrogens with zero attached hydrogens (tertiary/aromatic N) is 4. The summed E-state index contributed by atoms with van der Waals surface area (Å²) in [6.07, 6.45) is 1.59. The number of hydrogen-bond donors (Lipinski definition) is 1. The fourth-order valence-corrected chi connectivity index (χ4v) is 1.59. The van der Waals surface area contributed by atoms with Gasteiger partial charge in [-0.3, -0.25) is 9.69 Å². The SMILES string of the molecule is CNc1nccc(CN2C(=O)CN(C)C2=O)n1. The molecule has 0 aromatic carbocycles. The molecule has 1 aromatic rings. The van der Waals surface area contributed by atoms with E-state index in [1.165, 1.54) is 9.80 Å². The van der Waals surface area contributed by atoms with Gasteiger partial charge in [-0.25, -0.2) is 14.8 Å². The van der Waals surface area contributed by atoms with Crippen molar-refractivity contribution in [3.8, 4) is 0 Å². The van der Waals surface area contributed by atoms with Crippen molar-refractivity contribution >= 4 is 17.9 Å². The summed E-state index contributed by atoms with van der Waals surface area (Å²) in [6.45, 7) is 0.308. The molecule has 7 heteroatoms. The van der Waals surface area contributed by atoms with Crippen molar-refractivity contribution in [3.05, 3.63) is 18.0 Å². The molecule has 0 aliphatic carbocycles. The van der Waals surface area contributed by atoms with Crippen LogP contribution >= 0.6 is 0 Å². The lowest BCUT2D eigenvalue weighted by Crippen LogP contribution is -2.31. The maximum atomic E-state index is 11.6. The zero-order valence-corrected chi connectivity index (χ0v) is 9.67. The van der Waals surface area contributed by atoms with Crippen LogP contribution in [0.25, 0.3) is 0 Å². The lowest BCUT2D eigenvalue weighted by molar-refractivity contribution is -0.125. The standard InChI is InChI=1S/C10H13N5O2/c1-11-9-12-4-3-7(13-9)5-15-8(16)6-14(2)10(15)17/h3-4H,5-6H2,1-2H3,(H,11,12,13). The molecule has 2 heterocycles. The minimum absolute atomic E-state index is 0.128. The summed E-state index contributed by atoms with van der Waals surface area (Å²) in [5.74, 6) is 0.261. The normalized spacial score (nSPS) is 15.6. The van der Waals surface area contributed by atoms with Crippen LogP contribution in [0.2, 0.25) is 0 Å². The number of hydrogen-bond acceptors (Lipinski definition) is 5. The van der Waals surface area contributed by atoms with Crippen LogP contribution in [-0.4, -0.2) is 52.3 Å². The van der Waals surface area contributed by atoms with E-state index >= 15 is 0 Å². The van der Waals surface area contributed by atoms with E-state index in [0.29, 0.717) is 11.6 Å². The fraction of sp³-hybridized carbons (Fsp3) is 0.400. The zero-order chi connectivity index (χ0) is 12.4. The third kappa shape index (κ3) is 2.17. The number of carbonyl (C=O) groups excluding carboxylic acids is 2. The molecule has 0 unspecified atom stereocenters. The van der Waals surface area contributed by atoms with Gasteiger partial charge >= 0.3 is 6.03 Å². The molecule has 1 fully saturated rings. The van der Waals surface area contributed by atoms with Crippen LogP contribution in [0.5, 0.6) is 0 Å². The van der Waals surface area contributed by atoms with Gasteiger partial charge in [0.1, 0.15) is 6.54 Å². The van der Waals surface area contributed by atoms with Gasteiger partial charge in [0, 0.05) is 20.3 Å². The summed E-state index contributed by atoms with van der Waals surface area (Å²) in [5, 5.41) is 2.80. The Balaban J connectivity index is 2.15. The van der Waals surface area contributed by atoms with Crippen molar-refractivity contribution in [2.75, 3.05) is 26.0 Å². The molecule has 7 nitrogen and oxygen atoms in total. The molecule has 1 N–H and O–H groups in total. The minimum atomic E-state index is -0.292.